The number of fused-ring (bicyclic) bond motifs is 7. The monoisotopic (exact) mass is 670 g/mol. The summed E-state index contributed by atoms with van der Waals surface area (Å²) in [5.74, 6) is 0.163. The van der Waals surface area contributed by atoms with Crippen LogP contribution in [0.1, 0.15) is 5.56 Å². The molecular weight excluding hydrogens is 640 g/mol. The predicted molar refractivity (Wildman–Crippen MR) is 212 cm³/mol. The summed E-state index contributed by atoms with van der Waals surface area (Å²) in [5, 5.41) is 4.83. The third kappa shape index (κ3) is 4.82. The van der Waals surface area contributed by atoms with Crippen LogP contribution in [-0.4, -0.2) is 19.1 Å². The minimum atomic E-state index is -0.320. The molecule has 10 rings (SSSR count). The van der Waals surface area contributed by atoms with Crippen LogP contribution in [0, 0.1) is 12.7 Å². The van der Waals surface area contributed by atoms with E-state index in [2.05, 4.69) is 150 Å². The fourth-order valence-electron chi connectivity index (χ4n) is 7.70. The van der Waals surface area contributed by atoms with Gasteiger partial charge in [-0.3, -0.25) is 0 Å². The zero-order valence-corrected chi connectivity index (χ0v) is 28.3. The van der Waals surface area contributed by atoms with E-state index in [0.29, 0.717) is 11.4 Å². The zero-order valence-electron chi connectivity index (χ0n) is 28.3. The summed E-state index contributed by atoms with van der Waals surface area (Å²) in [6.07, 6.45) is 0. The molecular formula is C47H31FN4. The maximum Gasteiger partial charge on any atom is 0.160 e. The van der Waals surface area contributed by atoms with Gasteiger partial charge in [-0.05, 0) is 67.6 Å². The molecule has 4 nitrogen and oxygen atoms in total. The van der Waals surface area contributed by atoms with Crippen molar-refractivity contribution in [3.05, 3.63) is 181 Å². The normalized spacial score (nSPS) is 11.7. The van der Waals surface area contributed by atoms with Gasteiger partial charge in [0.2, 0.25) is 0 Å². The van der Waals surface area contributed by atoms with Crippen LogP contribution in [0.3, 0.4) is 0 Å². The number of aromatic nitrogens is 4. The molecule has 0 fully saturated rings. The van der Waals surface area contributed by atoms with Gasteiger partial charge in [-0.1, -0.05) is 115 Å². The van der Waals surface area contributed by atoms with Crippen LogP contribution in [0.25, 0.3) is 88.9 Å². The van der Waals surface area contributed by atoms with Crippen LogP contribution in [-0.2, 0) is 0 Å². The van der Waals surface area contributed by atoms with E-state index < -0.39 is 0 Å². The SMILES string of the molecule is Cc1cccc(-c2cc(-c3ccc(-n4c5ccccc5c5ccc6c7ccccc7n(-c7ccccc7)c6c54)cc3)nc(-c3cccc(F)c3)n2)c1. The fourth-order valence-corrected chi connectivity index (χ4v) is 7.70. The lowest BCUT2D eigenvalue weighted by molar-refractivity contribution is 0.628. The molecule has 0 saturated carbocycles. The van der Waals surface area contributed by atoms with Gasteiger partial charge in [-0.15, -0.1) is 0 Å². The van der Waals surface area contributed by atoms with Gasteiger partial charge in [0.25, 0.3) is 0 Å². The Labute approximate surface area is 299 Å². The van der Waals surface area contributed by atoms with E-state index in [1.807, 2.05) is 18.2 Å². The van der Waals surface area contributed by atoms with Gasteiger partial charge >= 0.3 is 0 Å². The molecule has 52 heavy (non-hydrogen) atoms. The molecule has 0 aliphatic carbocycles. The molecule has 0 spiro atoms. The Kier molecular flexibility index (Phi) is 6.86. The molecule has 3 aromatic heterocycles. The van der Waals surface area contributed by atoms with Gasteiger partial charge in [0.1, 0.15) is 5.82 Å². The Morgan fingerprint density at radius 3 is 1.62 bits per heavy atom. The van der Waals surface area contributed by atoms with Crippen molar-refractivity contribution in [1.82, 2.24) is 19.1 Å². The number of benzene rings is 7. The van der Waals surface area contributed by atoms with Crippen molar-refractivity contribution in [2.75, 3.05) is 0 Å². The van der Waals surface area contributed by atoms with Gasteiger partial charge in [-0.2, -0.15) is 0 Å². The first kappa shape index (κ1) is 30.0. The van der Waals surface area contributed by atoms with Gasteiger partial charge in [0.15, 0.2) is 5.82 Å². The highest BCUT2D eigenvalue weighted by Gasteiger charge is 2.21. The molecule has 0 aliphatic rings. The van der Waals surface area contributed by atoms with E-state index in [-0.39, 0.29) is 5.82 Å². The number of para-hydroxylation sites is 3. The molecule has 0 radical (unpaired) electrons. The summed E-state index contributed by atoms with van der Waals surface area (Å²) in [4.78, 5) is 9.88. The smallest absolute Gasteiger partial charge is 0.160 e. The molecule has 5 heteroatoms. The lowest BCUT2D eigenvalue weighted by Crippen LogP contribution is -1.99. The van der Waals surface area contributed by atoms with Crippen LogP contribution >= 0.6 is 0 Å². The second-order valence-electron chi connectivity index (χ2n) is 13.3. The van der Waals surface area contributed by atoms with Gasteiger partial charge in [0.05, 0.1) is 33.5 Å². The summed E-state index contributed by atoms with van der Waals surface area (Å²) in [6.45, 7) is 2.07. The molecule has 246 valence electrons. The summed E-state index contributed by atoms with van der Waals surface area (Å²) in [6, 6.07) is 57.8. The Morgan fingerprint density at radius 1 is 0.423 bits per heavy atom. The minimum absolute atomic E-state index is 0.320. The first-order valence-corrected chi connectivity index (χ1v) is 17.4. The lowest BCUT2D eigenvalue weighted by Gasteiger charge is -2.13. The Bertz CT molecular complexity index is 2910. The standard InChI is InChI=1S/C47H31FN4/c1-30-11-9-12-32(27-30)42-29-41(49-47(50-42)33-13-10-14-34(48)28-33)31-21-23-36(24-22-31)52-44-20-8-6-18-38(44)40-26-25-39-37-17-5-7-19-43(37)51(45(39)46(40)52)35-15-3-2-4-16-35/h2-29H,1H3. The van der Waals surface area contributed by atoms with Crippen molar-refractivity contribution in [2.24, 2.45) is 0 Å². The zero-order chi connectivity index (χ0) is 34.8. The average molecular weight is 671 g/mol. The number of hydrogen-bond donors (Lipinski definition) is 0. The van der Waals surface area contributed by atoms with Crippen molar-refractivity contribution < 1.29 is 4.39 Å². The summed E-state index contributed by atoms with van der Waals surface area (Å²) in [7, 11) is 0. The third-order valence-electron chi connectivity index (χ3n) is 10.0. The van der Waals surface area contributed by atoms with E-state index in [1.165, 1.54) is 44.7 Å². The topological polar surface area (TPSA) is 35.6 Å². The molecule has 0 bridgehead atoms. The quantitative estimate of drug-likeness (QED) is 0.183. The van der Waals surface area contributed by atoms with E-state index >= 15 is 0 Å². The highest BCUT2D eigenvalue weighted by molar-refractivity contribution is 6.23. The summed E-state index contributed by atoms with van der Waals surface area (Å²) >= 11 is 0. The first-order chi connectivity index (χ1) is 25.6. The number of nitrogens with zero attached hydrogens (tertiary/aromatic N) is 4. The molecule has 7 aromatic carbocycles. The highest BCUT2D eigenvalue weighted by Crippen LogP contribution is 2.42. The predicted octanol–water partition coefficient (Wildman–Crippen LogP) is 12.1. The van der Waals surface area contributed by atoms with E-state index in [0.717, 1.165) is 50.5 Å². The Morgan fingerprint density at radius 2 is 0.981 bits per heavy atom. The van der Waals surface area contributed by atoms with Crippen LogP contribution in [0.5, 0.6) is 0 Å². The first-order valence-electron chi connectivity index (χ1n) is 17.4. The van der Waals surface area contributed by atoms with Crippen LogP contribution in [0.2, 0.25) is 0 Å². The molecule has 0 unspecified atom stereocenters. The number of rotatable bonds is 5. The summed E-state index contributed by atoms with van der Waals surface area (Å²) in [5.41, 5.74) is 12.1. The van der Waals surface area contributed by atoms with E-state index in [1.54, 1.807) is 6.07 Å². The van der Waals surface area contributed by atoms with Crippen molar-refractivity contribution in [3.8, 4) is 45.3 Å². The van der Waals surface area contributed by atoms with Gasteiger partial charge in [-0.25, -0.2) is 14.4 Å². The molecule has 10 aromatic rings. The molecule has 3 heterocycles. The maximum atomic E-state index is 14.4. The second kappa shape index (κ2) is 11.9. The number of hydrogen-bond acceptors (Lipinski definition) is 2. The Hall–Kier alpha value is -6.85. The van der Waals surface area contributed by atoms with Gasteiger partial charge < -0.3 is 9.13 Å². The maximum absolute atomic E-state index is 14.4. The minimum Gasteiger partial charge on any atom is -0.307 e. The van der Waals surface area contributed by atoms with Crippen LogP contribution in [0.4, 0.5) is 4.39 Å². The Balaban J connectivity index is 1.20. The third-order valence-corrected chi connectivity index (χ3v) is 10.0. The molecule has 0 atom stereocenters. The van der Waals surface area contributed by atoms with Crippen LogP contribution < -0.4 is 0 Å². The molecule has 0 saturated heterocycles. The van der Waals surface area contributed by atoms with Crippen molar-refractivity contribution in [1.29, 1.82) is 0 Å². The molecule has 0 amide bonds. The summed E-state index contributed by atoms with van der Waals surface area (Å²) < 4.78 is 19.2. The largest absolute Gasteiger partial charge is 0.307 e. The van der Waals surface area contributed by atoms with Gasteiger partial charge in [0, 0.05) is 49.6 Å². The molecule has 0 aliphatic heterocycles. The highest BCUT2D eigenvalue weighted by atomic mass is 19.1. The van der Waals surface area contributed by atoms with E-state index in [4.69, 9.17) is 9.97 Å². The van der Waals surface area contributed by atoms with Crippen molar-refractivity contribution in [2.45, 2.75) is 6.92 Å². The van der Waals surface area contributed by atoms with Crippen LogP contribution in [0.15, 0.2) is 170 Å². The fraction of sp³-hybridized carbons (Fsp3) is 0.0213. The van der Waals surface area contributed by atoms with Crippen molar-refractivity contribution >= 4 is 43.6 Å². The number of aryl methyl sites for hydroxylation is 1. The number of halogens is 1. The average Bonchev–Trinajstić information content (AvgIpc) is 3.71. The van der Waals surface area contributed by atoms with Crippen molar-refractivity contribution in [3.63, 3.8) is 0 Å². The molecule has 0 N–H and O–H groups in total. The lowest BCUT2D eigenvalue weighted by atomic mass is 10.0. The second-order valence-corrected chi connectivity index (χ2v) is 13.3. The van der Waals surface area contributed by atoms with E-state index in [9.17, 15) is 4.39 Å².